The van der Waals surface area contributed by atoms with Crippen molar-refractivity contribution in [3.63, 3.8) is 0 Å². The fourth-order valence-corrected chi connectivity index (χ4v) is 0.290. The molecule has 0 saturated heterocycles. The molecule has 5 heteroatoms. The van der Waals surface area contributed by atoms with Crippen molar-refractivity contribution >= 4 is 11.9 Å². The van der Waals surface area contributed by atoms with Crippen molar-refractivity contribution in [3.05, 3.63) is 12.7 Å². The average Bonchev–Trinajstić information content (AvgIpc) is 2.05. The smallest absolute Gasteiger partial charge is 0.345 e. The van der Waals surface area contributed by atoms with Crippen LogP contribution < -0.4 is 0 Å². The van der Waals surface area contributed by atoms with Gasteiger partial charge in [0.1, 0.15) is 0 Å². The lowest BCUT2D eigenvalue weighted by Gasteiger charge is -1.89. The molecule has 0 aromatic rings. The molecule has 0 bridgehead atoms. The van der Waals surface area contributed by atoms with E-state index in [1.54, 1.807) is 6.92 Å². The molecule has 0 fully saturated rings. The number of carbonyl (C=O) groups is 2. The third kappa shape index (κ3) is 17.8. The third-order valence-corrected chi connectivity index (χ3v) is 0.661. The molecule has 0 N–H and O–H groups in total. The normalized spacial score (nSPS) is 6.85. The summed E-state index contributed by atoms with van der Waals surface area (Å²) in [6.07, 6.45) is 2.12. The number of esters is 2. The number of rotatable bonds is 2. The first-order chi connectivity index (χ1) is 6.08. The van der Waals surface area contributed by atoms with Crippen LogP contribution in [-0.4, -0.2) is 18.5 Å². The first-order valence-corrected chi connectivity index (χ1v) is 3.44. The first-order valence-electron chi connectivity index (χ1n) is 3.44. The van der Waals surface area contributed by atoms with Crippen molar-refractivity contribution < 1.29 is 19.1 Å². The maximum absolute atomic E-state index is 9.85. The Labute approximate surface area is 76.6 Å². The molecule has 0 amide bonds. The van der Waals surface area contributed by atoms with Gasteiger partial charge in [0.25, 0.3) is 6.26 Å². The molecular weight excluding hydrogens is 174 g/mol. The summed E-state index contributed by atoms with van der Waals surface area (Å²) in [5.74, 6) is -0.931. The largest absolute Gasteiger partial charge is 0.466 e. The zero-order valence-electron chi connectivity index (χ0n) is 7.57. The Bertz CT molecular complexity index is 217. The minimum Gasteiger partial charge on any atom is -0.466 e. The van der Waals surface area contributed by atoms with Gasteiger partial charge in [-0.1, -0.05) is 6.58 Å². The maximum atomic E-state index is 9.85. The van der Waals surface area contributed by atoms with E-state index in [0.29, 0.717) is 6.61 Å². The minimum atomic E-state index is -0.720. The van der Waals surface area contributed by atoms with Crippen molar-refractivity contribution in [1.29, 1.82) is 5.26 Å². The molecule has 0 heterocycles. The Morgan fingerprint density at radius 3 is 2.23 bits per heavy atom. The van der Waals surface area contributed by atoms with E-state index in [1.807, 2.05) is 0 Å². The summed E-state index contributed by atoms with van der Waals surface area (Å²) in [5, 5.41) is 7.63. The van der Waals surface area contributed by atoms with E-state index >= 15 is 0 Å². The lowest BCUT2D eigenvalue weighted by atomic mass is 10.7. The highest BCUT2D eigenvalue weighted by Crippen LogP contribution is 1.71. The summed E-state index contributed by atoms with van der Waals surface area (Å²) < 4.78 is 8.14. The summed E-state index contributed by atoms with van der Waals surface area (Å²) in [5.41, 5.74) is 0. The number of hydrogen-bond acceptors (Lipinski definition) is 5. The highest BCUT2D eigenvalue weighted by Gasteiger charge is 1.87. The van der Waals surface area contributed by atoms with Gasteiger partial charge in [-0.25, -0.2) is 4.79 Å². The van der Waals surface area contributed by atoms with Gasteiger partial charge in [-0.15, -0.1) is 5.26 Å². The van der Waals surface area contributed by atoms with Crippen LogP contribution in [0.2, 0.25) is 0 Å². The molecule has 0 unspecified atom stereocenters. The van der Waals surface area contributed by atoms with E-state index in [2.05, 4.69) is 16.1 Å². The number of ether oxygens (including phenoxy) is 2. The lowest BCUT2D eigenvalue weighted by molar-refractivity contribution is -0.140. The quantitative estimate of drug-likeness (QED) is 0.360. The molecule has 0 atom stereocenters. The van der Waals surface area contributed by atoms with Gasteiger partial charge in [0.2, 0.25) is 0 Å². The molecular formula is C8H11NO4. The monoisotopic (exact) mass is 185 g/mol. The van der Waals surface area contributed by atoms with Crippen LogP contribution in [0.25, 0.3) is 0 Å². The van der Waals surface area contributed by atoms with Gasteiger partial charge >= 0.3 is 11.9 Å². The predicted octanol–water partition coefficient (Wildman–Crippen LogP) is 0.766. The van der Waals surface area contributed by atoms with Crippen molar-refractivity contribution in [2.24, 2.45) is 0 Å². The van der Waals surface area contributed by atoms with Crippen molar-refractivity contribution in [2.45, 2.75) is 13.8 Å². The molecule has 0 spiro atoms. The SMILES string of the molecule is C=CC(=O)OC#N.CCOC(C)=O. The second-order valence-electron chi connectivity index (χ2n) is 1.64. The summed E-state index contributed by atoms with van der Waals surface area (Å²) in [6, 6.07) is 0. The van der Waals surface area contributed by atoms with Crippen LogP contribution in [-0.2, 0) is 19.1 Å². The highest BCUT2D eigenvalue weighted by atomic mass is 16.5. The van der Waals surface area contributed by atoms with Crippen LogP contribution in [0.15, 0.2) is 12.7 Å². The van der Waals surface area contributed by atoms with Crippen LogP contribution in [0, 0.1) is 11.5 Å². The molecule has 0 aliphatic rings. The second kappa shape index (κ2) is 10.2. The zero-order valence-corrected chi connectivity index (χ0v) is 7.57. The molecule has 0 saturated carbocycles. The topological polar surface area (TPSA) is 76.4 Å². The molecule has 0 aromatic heterocycles. The molecule has 0 aromatic carbocycles. The van der Waals surface area contributed by atoms with E-state index < -0.39 is 5.97 Å². The number of nitriles is 1. The molecule has 0 radical (unpaired) electrons. The first kappa shape index (κ1) is 13.7. The van der Waals surface area contributed by atoms with E-state index in [4.69, 9.17) is 5.26 Å². The molecule has 72 valence electrons. The summed E-state index contributed by atoms with van der Waals surface area (Å²) in [4.78, 5) is 19.7. The van der Waals surface area contributed by atoms with Crippen molar-refractivity contribution in [3.8, 4) is 6.26 Å². The third-order valence-electron chi connectivity index (χ3n) is 0.661. The van der Waals surface area contributed by atoms with Crippen LogP contribution in [0.3, 0.4) is 0 Å². The Morgan fingerprint density at radius 2 is 2.15 bits per heavy atom. The fraction of sp³-hybridized carbons (Fsp3) is 0.375. The zero-order chi connectivity index (χ0) is 10.7. The van der Waals surface area contributed by atoms with Gasteiger partial charge in [-0.2, -0.15) is 0 Å². The van der Waals surface area contributed by atoms with E-state index in [0.717, 1.165) is 6.08 Å². The fourth-order valence-electron chi connectivity index (χ4n) is 0.290. The standard InChI is InChI=1S/C4H3NO2.C4H8O2/c1-2-4(6)7-3-5;1-3-6-4(2)5/h2H,1H2;3H2,1-2H3. The predicted molar refractivity (Wildman–Crippen MR) is 44.2 cm³/mol. The van der Waals surface area contributed by atoms with Crippen LogP contribution in [0.5, 0.6) is 0 Å². The van der Waals surface area contributed by atoms with Crippen LogP contribution >= 0.6 is 0 Å². The Hall–Kier alpha value is -1.83. The number of hydrogen-bond donors (Lipinski definition) is 0. The second-order valence-corrected chi connectivity index (χ2v) is 1.64. The summed E-state index contributed by atoms with van der Waals surface area (Å²) in [6.45, 7) is 6.71. The highest BCUT2D eigenvalue weighted by molar-refractivity contribution is 5.81. The average molecular weight is 185 g/mol. The Kier molecular flexibility index (Phi) is 10.7. The van der Waals surface area contributed by atoms with Crippen LogP contribution in [0.4, 0.5) is 0 Å². The maximum Gasteiger partial charge on any atom is 0.345 e. The molecule has 0 rings (SSSR count). The van der Waals surface area contributed by atoms with Gasteiger partial charge in [-0.3, -0.25) is 4.79 Å². The van der Waals surface area contributed by atoms with Crippen molar-refractivity contribution in [2.75, 3.05) is 6.61 Å². The van der Waals surface area contributed by atoms with Gasteiger partial charge in [0.05, 0.1) is 6.61 Å². The Balaban J connectivity index is 0. The van der Waals surface area contributed by atoms with Gasteiger partial charge < -0.3 is 9.47 Å². The number of carbonyl (C=O) groups excluding carboxylic acids is 2. The minimum absolute atomic E-state index is 0.211. The summed E-state index contributed by atoms with van der Waals surface area (Å²) in [7, 11) is 0. The van der Waals surface area contributed by atoms with E-state index in [-0.39, 0.29) is 5.97 Å². The summed E-state index contributed by atoms with van der Waals surface area (Å²) >= 11 is 0. The lowest BCUT2D eigenvalue weighted by Crippen LogP contribution is -1.95. The van der Waals surface area contributed by atoms with E-state index in [9.17, 15) is 9.59 Å². The molecule has 0 aliphatic heterocycles. The number of nitrogens with zero attached hydrogens (tertiary/aromatic N) is 1. The molecule has 0 aliphatic carbocycles. The van der Waals surface area contributed by atoms with Gasteiger partial charge in [-0.05, 0) is 6.92 Å². The van der Waals surface area contributed by atoms with Gasteiger partial charge in [0, 0.05) is 13.0 Å². The molecule has 5 nitrogen and oxygen atoms in total. The Morgan fingerprint density at radius 1 is 1.62 bits per heavy atom. The van der Waals surface area contributed by atoms with Crippen LogP contribution in [0.1, 0.15) is 13.8 Å². The van der Waals surface area contributed by atoms with Crippen molar-refractivity contribution in [1.82, 2.24) is 0 Å². The van der Waals surface area contributed by atoms with Gasteiger partial charge in [0.15, 0.2) is 0 Å². The van der Waals surface area contributed by atoms with E-state index in [1.165, 1.54) is 13.2 Å². The molecule has 13 heavy (non-hydrogen) atoms.